The number of H-pyrrole nitrogens is 1. The molecule has 0 atom stereocenters. The van der Waals surface area contributed by atoms with Crippen molar-refractivity contribution in [2.45, 2.75) is 31.2 Å². The van der Waals surface area contributed by atoms with E-state index in [0.29, 0.717) is 5.82 Å². The zero-order valence-corrected chi connectivity index (χ0v) is 13.8. The van der Waals surface area contributed by atoms with E-state index in [-0.39, 0.29) is 11.4 Å². The van der Waals surface area contributed by atoms with Crippen molar-refractivity contribution in [1.82, 2.24) is 25.0 Å². The van der Waals surface area contributed by atoms with Crippen molar-refractivity contribution >= 4 is 5.91 Å². The number of aromatic nitrogens is 3. The number of piperidine rings is 1. The Morgan fingerprint density at radius 3 is 2.38 bits per heavy atom. The molecule has 0 spiro atoms. The third-order valence-electron chi connectivity index (χ3n) is 5.52. The third-order valence-corrected chi connectivity index (χ3v) is 5.52. The molecule has 24 heavy (non-hydrogen) atoms. The summed E-state index contributed by atoms with van der Waals surface area (Å²) in [5, 5.41) is 6.46. The zero-order chi connectivity index (χ0) is 16.4. The van der Waals surface area contributed by atoms with E-state index in [1.165, 1.54) is 24.7 Å². The molecule has 0 aliphatic carbocycles. The molecule has 1 N–H and O–H groups in total. The Balaban J connectivity index is 1.56. The van der Waals surface area contributed by atoms with Gasteiger partial charge in [0.05, 0.1) is 0 Å². The van der Waals surface area contributed by atoms with Crippen molar-refractivity contribution in [3.63, 3.8) is 0 Å². The molecule has 2 aromatic rings. The fourth-order valence-corrected chi connectivity index (χ4v) is 4.22. The van der Waals surface area contributed by atoms with Crippen LogP contribution in [0.3, 0.4) is 0 Å². The molecule has 1 aromatic carbocycles. The maximum absolute atomic E-state index is 12.5. The van der Waals surface area contributed by atoms with Gasteiger partial charge in [0.15, 0.2) is 0 Å². The third kappa shape index (κ3) is 2.60. The van der Waals surface area contributed by atoms with Gasteiger partial charge in [-0.05, 0) is 44.3 Å². The monoisotopic (exact) mass is 325 g/mol. The normalized spacial score (nSPS) is 21.1. The fourth-order valence-electron chi connectivity index (χ4n) is 4.22. The quantitative estimate of drug-likeness (QED) is 0.938. The number of likely N-dealkylation sites (tertiary alicyclic amines) is 2. The minimum absolute atomic E-state index is 0.0458. The van der Waals surface area contributed by atoms with Crippen molar-refractivity contribution in [2.24, 2.45) is 0 Å². The smallest absolute Gasteiger partial charge is 0.291 e. The zero-order valence-electron chi connectivity index (χ0n) is 13.8. The summed E-state index contributed by atoms with van der Waals surface area (Å²) in [5.41, 5.74) is 1.45. The van der Waals surface area contributed by atoms with Crippen LogP contribution in [0, 0.1) is 0 Å². The molecule has 1 aromatic heterocycles. The summed E-state index contributed by atoms with van der Waals surface area (Å²) in [6.45, 7) is 3.83. The van der Waals surface area contributed by atoms with E-state index >= 15 is 0 Å². The molecule has 6 heteroatoms. The average Bonchev–Trinajstić information content (AvgIpc) is 3.36. The number of nitrogens with one attached hydrogen (secondary N) is 1. The Kier molecular flexibility index (Phi) is 4.06. The first kappa shape index (κ1) is 15.3. The van der Waals surface area contributed by atoms with Crippen LogP contribution in [0.25, 0.3) is 0 Å². The molecule has 0 bridgehead atoms. The first-order valence-corrected chi connectivity index (χ1v) is 8.75. The molecule has 0 radical (unpaired) electrons. The first-order valence-electron chi connectivity index (χ1n) is 8.75. The standard InChI is InChI=1S/C18H23N5O/c24-17(16-19-14-20-21-16)22-12-8-18(9-13-22,23-10-4-5-11-23)15-6-2-1-3-7-15/h1-3,6-7,14H,4-5,8-13H2,(H,19,20,21). The van der Waals surface area contributed by atoms with Gasteiger partial charge in [-0.15, -0.1) is 0 Å². The lowest BCUT2D eigenvalue weighted by Crippen LogP contribution is -2.53. The summed E-state index contributed by atoms with van der Waals surface area (Å²) in [7, 11) is 0. The van der Waals surface area contributed by atoms with Crippen molar-refractivity contribution in [2.75, 3.05) is 26.2 Å². The lowest BCUT2D eigenvalue weighted by Gasteiger charge is -2.48. The van der Waals surface area contributed by atoms with Crippen molar-refractivity contribution in [3.8, 4) is 0 Å². The van der Waals surface area contributed by atoms with Gasteiger partial charge in [0.2, 0.25) is 5.82 Å². The highest BCUT2D eigenvalue weighted by Crippen LogP contribution is 2.40. The van der Waals surface area contributed by atoms with Crippen LogP contribution in [0.2, 0.25) is 0 Å². The van der Waals surface area contributed by atoms with Gasteiger partial charge in [-0.25, -0.2) is 4.98 Å². The molecule has 4 rings (SSSR count). The van der Waals surface area contributed by atoms with Crippen LogP contribution in [-0.4, -0.2) is 57.1 Å². The average molecular weight is 325 g/mol. The van der Waals surface area contributed by atoms with Crippen LogP contribution in [0.1, 0.15) is 41.9 Å². The van der Waals surface area contributed by atoms with Gasteiger partial charge in [0.25, 0.3) is 5.91 Å². The first-order chi connectivity index (χ1) is 11.8. The number of hydrogen-bond acceptors (Lipinski definition) is 4. The van der Waals surface area contributed by atoms with Gasteiger partial charge in [0.1, 0.15) is 6.33 Å². The van der Waals surface area contributed by atoms with Gasteiger partial charge < -0.3 is 4.90 Å². The summed E-state index contributed by atoms with van der Waals surface area (Å²) in [5.74, 6) is 0.291. The maximum Gasteiger partial charge on any atom is 0.291 e. The van der Waals surface area contributed by atoms with Crippen LogP contribution >= 0.6 is 0 Å². The van der Waals surface area contributed by atoms with Crippen LogP contribution in [0.5, 0.6) is 0 Å². The Hall–Kier alpha value is -2.21. The number of rotatable bonds is 3. The predicted octanol–water partition coefficient (Wildman–Crippen LogP) is 2.03. The number of amides is 1. The second-order valence-electron chi connectivity index (χ2n) is 6.72. The number of carbonyl (C=O) groups excluding carboxylic acids is 1. The van der Waals surface area contributed by atoms with E-state index in [4.69, 9.17) is 0 Å². The summed E-state index contributed by atoms with van der Waals surface area (Å²) in [6.07, 6.45) is 5.87. The van der Waals surface area contributed by atoms with E-state index in [1.807, 2.05) is 4.90 Å². The number of nitrogens with zero attached hydrogens (tertiary/aromatic N) is 4. The fraction of sp³-hybridized carbons (Fsp3) is 0.500. The minimum atomic E-state index is -0.0458. The molecular weight excluding hydrogens is 302 g/mol. The van der Waals surface area contributed by atoms with Gasteiger partial charge in [-0.2, -0.15) is 5.10 Å². The van der Waals surface area contributed by atoms with E-state index < -0.39 is 0 Å². The molecule has 3 heterocycles. The van der Waals surface area contributed by atoms with Crippen LogP contribution in [-0.2, 0) is 5.54 Å². The Labute approximate surface area is 141 Å². The highest BCUT2D eigenvalue weighted by atomic mass is 16.2. The number of hydrogen-bond donors (Lipinski definition) is 1. The molecule has 126 valence electrons. The molecule has 2 saturated heterocycles. The highest BCUT2D eigenvalue weighted by molar-refractivity contribution is 5.90. The molecule has 1 amide bonds. The number of carbonyl (C=O) groups is 1. The molecule has 2 aliphatic heterocycles. The second kappa shape index (κ2) is 6.36. The van der Waals surface area contributed by atoms with E-state index in [0.717, 1.165) is 39.0 Å². The Morgan fingerprint density at radius 2 is 1.75 bits per heavy atom. The number of benzene rings is 1. The maximum atomic E-state index is 12.5. The predicted molar refractivity (Wildman–Crippen MR) is 90.4 cm³/mol. The summed E-state index contributed by atoms with van der Waals surface area (Å²) >= 11 is 0. The van der Waals surface area contributed by atoms with Crippen LogP contribution in [0.15, 0.2) is 36.7 Å². The SMILES string of the molecule is O=C(c1ncn[nH]1)N1CCC(c2ccccc2)(N2CCCC2)CC1. The molecule has 2 aliphatic rings. The van der Waals surface area contributed by atoms with E-state index in [9.17, 15) is 4.79 Å². The lowest BCUT2D eigenvalue weighted by atomic mass is 9.79. The lowest BCUT2D eigenvalue weighted by molar-refractivity contribution is 0.0288. The largest absolute Gasteiger partial charge is 0.336 e. The highest BCUT2D eigenvalue weighted by Gasteiger charge is 2.43. The summed E-state index contributed by atoms with van der Waals surface area (Å²) in [6, 6.07) is 10.8. The Morgan fingerprint density at radius 1 is 1.04 bits per heavy atom. The van der Waals surface area contributed by atoms with Crippen LogP contribution in [0.4, 0.5) is 0 Å². The molecular formula is C18H23N5O. The van der Waals surface area contributed by atoms with Gasteiger partial charge >= 0.3 is 0 Å². The topological polar surface area (TPSA) is 65.1 Å². The summed E-state index contributed by atoms with van der Waals surface area (Å²) in [4.78, 5) is 21.0. The van der Waals surface area contributed by atoms with Gasteiger partial charge in [-0.3, -0.25) is 14.8 Å². The van der Waals surface area contributed by atoms with Crippen molar-refractivity contribution in [1.29, 1.82) is 0 Å². The molecule has 0 saturated carbocycles. The van der Waals surface area contributed by atoms with Gasteiger partial charge in [-0.1, -0.05) is 30.3 Å². The Bertz CT molecular complexity index is 671. The van der Waals surface area contributed by atoms with Gasteiger partial charge in [0, 0.05) is 18.6 Å². The van der Waals surface area contributed by atoms with Crippen molar-refractivity contribution < 1.29 is 4.79 Å². The van der Waals surface area contributed by atoms with Crippen LogP contribution < -0.4 is 0 Å². The molecule has 2 fully saturated rings. The summed E-state index contributed by atoms with van der Waals surface area (Å²) < 4.78 is 0. The molecule has 6 nitrogen and oxygen atoms in total. The second-order valence-corrected chi connectivity index (χ2v) is 6.72. The van der Waals surface area contributed by atoms with E-state index in [2.05, 4.69) is 50.4 Å². The van der Waals surface area contributed by atoms with E-state index in [1.54, 1.807) is 0 Å². The minimum Gasteiger partial charge on any atom is -0.336 e. The van der Waals surface area contributed by atoms with Crippen molar-refractivity contribution in [3.05, 3.63) is 48.0 Å². The number of aromatic amines is 1. The molecule has 0 unspecified atom stereocenters.